The van der Waals surface area contributed by atoms with Crippen LogP contribution in [0.1, 0.15) is 58.2 Å². The number of esters is 1. The second-order valence-electron chi connectivity index (χ2n) is 7.84. The van der Waals surface area contributed by atoms with Gasteiger partial charge in [-0.2, -0.15) is 0 Å². The lowest BCUT2D eigenvalue weighted by atomic mass is 9.80. The number of ether oxygens (including phenoxy) is 1. The van der Waals surface area contributed by atoms with Gasteiger partial charge in [-0.05, 0) is 57.2 Å². The lowest BCUT2D eigenvalue weighted by Crippen LogP contribution is -2.41. The van der Waals surface area contributed by atoms with Crippen molar-refractivity contribution < 1.29 is 14.3 Å². The monoisotopic (exact) mass is 348 g/mol. The maximum Gasteiger partial charge on any atom is 0.317 e. The van der Waals surface area contributed by atoms with E-state index >= 15 is 0 Å². The van der Waals surface area contributed by atoms with Gasteiger partial charge >= 0.3 is 5.97 Å². The number of rotatable bonds is 3. The normalized spacial score (nSPS) is 19.8. The number of carbonyl (C=O) groups excluding carboxylic acids is 2. The van der Waals surface area contributed by atoms with Crippen LogP contribution in [0.3, 0.4) is 0 Å². The van der Waals surface area contributed by atoms with E-state index in [4.69, 9.17) is 16.2 Å². The van der Waals surface area contributed by atoms with E-state index in [0.29, 0.717) is 6.42 Å². The Balaban J connectivity index is 0.000000450. The van der Waals surface area contributed by atoms with Gasteiger partial charge in [-0.3, -0.25) is 9.59 Å². The highest BCUT2D eigenvalue weighted by molar-refractivity contribution is 6.03. The molecule has 4 N–H and O–H groups in total. The Hall–Kier alpha value is -1.72. The molecule has 2 atom stereocenters. The van der Waals surface area contributed by atoms with Gasteiger partial charge in [0.15, 0.2) is 5.78 Å². The molecule has 5 heteroatoms. The number of Topliss-reactive ketones (excluding diaryl/α,β-unsaturated/α-hetero) is 1. The number of hydrogen-bond donors (Lipinski definition) is 2. The van der Waals surface area contributed by atoms with Gasteiger partial charge in [-0.15, -0.1) is 0 Å². The van der Waals surface area contributed by atoms with E-state index in [9.17, 15) is 9.59 Å². The molecule has 0 unspecified atom stereocenters. The molecular weight excluding hydrogens is 316 g/mol. The first-order valence-corrected chi connectivity index (χ1v) is 8.86. The van der Waals surface area contributed by atoms with Gasteiger partial charge in [-0.25, -0.2) is 0 Å². The maximum absolute atomic E-state index is 12.2. The van der Waals surface area contributed by atoms with Crippen molar-refractivity contribution in [3.8, 4) is 0 Å². The van der Waals surface area contributed by atoms with Gasteiger partial charge in [0, 0.05) is 0 Å². The Bertz CT molecular complexity index is 591. The molecular formula is C20H32N2O3. The van der Waals surface area contributed by atoms with Crippen LogP contribution >= 0.6 is 0 Å². The van der Waals surface area contributed by atoms with Crippen LogP contribution in [0.25, 0.3) is 0 Å². The van der Waals surface area contributed by atoms with E-state index in [0.717, 1.165) is 30.0 Å². The summed E-state index contributed by atoms with van der Waals surface area (Å²) in [7, 11) is 0. The molecule has 0 fully saturated rings. The minimum Gasteiger partial charge on any atom is -0.459 e. The Morgan fingerprint density at radius 1 is 1.28 bits per heavy atom. The molecule has 0 radical (unpaired) electrons. The summed E-state index contributed by atoms with van der Waals surface area (Å²) in [6.07, 6.45) is 1.53. The fourth-order valence-corrected chi connectivity index (χ4v) is 2.62. The summed E-state index contributed by atoms with van der Waals surface area (Å²) in [4.78, 5) is 24.3. The lowest BCUT2D eigenvalue weighted by Gasteiger charge is -2.29. The van der Waals surface area contributed by atoms with Crippen molar-refractivity contribution in [3.05, 3.63) is 35.4 Å². The fourth-order valence-electron chi connectivity index (χ4n) is 2.62. The average Bonchev–Trinajstić information content (AvgIpc) is 2.49. The number of hydrogen-bond acceptors (Lipinski definition) is 5. The van der Waals surface area contributed by atoms with Crippen LogP contribution in [0.2, 0.25) is 0 Å². The van der Waals surface area contributed by atoms with Gasteiger partial charge < -0.3 is 16.2 Å². The van der Waals surface area contributed by atoms with Crippen LogP contribution in [-0.2, 0) is 20.7 Å². The van der Waals surface area contributed by atoms with Gasteiger partial charge in [0.05, 0.1) is 6.04 Å². The number of ketones is 1. The van der Waals surface area contributed by atoms with Crippen molar-refractivity contribution in [3.63, 3.8) is 0 Å². The first kappa shape index (κ1) is 21.3. The van der Waals surface area contributed by atoms with Crippen LogP contribution in [-0.4, -0.2) is 23.9 Å². The highest BCUT2D eigenvalue weighted by atomic mass is 16.6. The number of carbonyl (C=O) groups is 2. The van der Waals surface area contributed by atoms with E-state index in [2.05, 4.69) is 13.8 Å². The first-order valence-electron chi connectivity index (χ1n) is 8.86. The Labute approximate surface area is 151 Å². The summed E-state index contributed by atoms with van der Waals surface area (Å²) < 4.78 is 5.30. The van der Waals surface area contributed by atoms with E-state index in [1.54, 1.807) is 20.8 Å². The zero-order valence-corrected chi connectivity index (χ0v) is 16.0. The maximum atomic E-state index is 12.2. The third-order valence-corrected chi connectivity index (χ3v) is 3.90. The molecule has 0 aromatic heterocycles. The molecule has 1 aliphatic carbocycles. The minimum atomic E-state index is -0.788. The quantitative estimate of drug-likeness (QED) is 0.647. The topological polar surface area (TPSA) is 95.4 Å². The Morgan fingerprint density at radius 3 is 2.36 bits per heavy atom. The van der Waals surface area contributed by atoms with E-state index < -0.39 is 23.5 Å². The molecule has 0 saturated carbocycles. The van der Waals surface area contributed by atoms with Crippen LogP contribution < -0.4 is 11.5 Å². The molecule has 5 nitrogen and oxygen atoms in total. The fraction of sp³-hybridized carbons (Fsp3) is 0.600. The molecule has 140 valence electrons. The van der Waals surface area contributed by atoms with Gasteiger partial charge in [0.2, 0.25) is 0 Å². The van der Waals surface area contributed by atoms with Crippen molar-refractivity contribution >= 4 is 11.8 Å². The zero-order chi connectivity index (χ0) is 19.2. The number of nitrogens with two attached hydrogens (primary N) is 2. The van der Waals surface area contributed by atoms with Gasteiger partial charge in [-0.1, -0.05) is 38.1 Å². The molecule has 1 aromatic rings. The predicted molar refractivity (Wildman–Crippen MR) is 99.9 cm³/mol. The van der Waals surface area contributed by atoms with E-state index in [1.807, 2.05) is 24.3 Å². The Kier molecular flexibility index (Phi) is 7.77. The number of benzene rings is 1. The molecule has 1 aliphatic rings. The molecule has 2 rings (SSSR count). The summed E-state index contributed by atoms with van der Waals surface area (Å²) >= 11 is 0. The summed E-state index contributed by atoms with van der Waals surface area (Å²) in [5.74, 6) is -0.755. The second kappa shape index (κ2) is 9.11. The van der Waals surface area contributed by atoms with Crippen molar-refractivity contribution in [2.24, 2.45) is 23.3 Å². The van der Waals surface area contributed by atoms with Crippen LogP contribution in [0.15, 0.2) is 24.3 Å². The predicted octanol–water partition coefficient (Wildman–Crippen LogP) is 2.76. The first-order chi connectivity index (χ1) is 11.6. The smallest absolute Gasteiger partial charge is 0.317 e. The largest absolute Gasteiger partial charge is 0.459 e. The van der Waals surface area contributed by atoms with Crippen molar-refractivity contribution in [2.75, 3.05) is 6.54 Å². The summed E-state index contributed by atoms with van der Waals surface area (Å²) in [6.45, 7) is 10.5. The average molecular weight is 348 g/mol. The SMILES string of the molecule is CC(C)(C)OC(=O)[C@@H]1Cc2ccccc2[C@@H](N)C1=O.CC(C)CCN. The molecule has 25 heavy (non-hydrogen) atoms. The molecule has 0 spiro atoms. The second-order valence-corrected chi connectivity index (χ2v) is 7.84. The van der Waals surface area contributed by atoms with Gasteiger partial charge in [0.25, 0.3) is 0 Å². The highest BCUT2D eigenvalue weighted by Crippen LogP contribution is 2.30. The van der Waals surface area contributed by atoms with E-state index in [1.165, 1.54) is 0 Å². The Morgan fingerprint density at radius 2 is 1.88 bits per heavy atom. The lowest BCUT2D eigenvalue weighted by molar-refractivity contribution is -0.162. The molecule has 0 saturated heterocycles. The van der Waals surface area contributed by atoms with Gasteiger partial charge in [0.1, 0.15) is 11.5 Å². The third kappa shape index (κ3) is 6.59. The molecule has 0 amide bonds. The molecule has 0 bridgehead atoms. The van der Waals surface area contributed by atoms with Crippen molar-refractivity contribution in [1.82, 2.24) is 0 Å². The summed E-state index contributed by atoms with van der Waals surface area (Å²) in [5, 5.41) is 0. The van der Waals surface area contributed by atoms with Crippen LogP contribution in [0.4, 0.5) is 0 Å². The van der Waals surface area contributed by atoms with Crippen molar-refractivity contribution in [2.45, 2.75) is 59.1 Å². The molecule has 1 aromatic carbocycles. The van der Waals surface area contributed by atoms with Crippen LogP contribution in [0, 0.1) is 11.8 Å². The minimum absolute atomic E-state index is 0.257. The van der Waals surface area contributed by atoms with Crippen molar-refractivity contribution in [1.29, 1.82) is 0 Å². The zero-order valence-electron chi connectivity index (χ0n) is 16.0. The van der Waals surface area contributed by atoms with E-state index in [-0.39, 0.29) is 5.78 Å². The molecule has 0 aliphatic heterocycles. The number of fused-ring (bicyclic) bond motifs is 1. The summed E-state index contributed by atoms with van der Waals surface area (Å²) in [5.41, 5.74) is 12.3. The third-order valence-electron chi connectivity index (χ3n) is 3.90. The van der Waals surface area contributed by atoms with Crippen LogP contribution in [0.5, 0.6) is 0 Å². The highest BCUT2D eigenvalue weighted by Gasteiger charge is 2.39. The molecule has 0 heterocycles. The standard InChI is InChI=1S/C15H19NO3.C5H13N/c1-15(2,3)19-14(18)11-8-9-6-4-5-7-10(9)12(16)13(11)17;1-5(2)3-4-6/h4-7,11-12H,8,16H2,1-3H3;5H,3-4,6H2,1-2H3/t11-,12-;/m1./s1. The summed E-state index contributed by atoms with van der Waals surface area (Å²) in [6, 6.07) is 6.73.